The SMILES string of the molecule is CCN(CC1CCOC1)C(=O)CCc1ccc(S(=O)(=O)N2CCCCCC2)cc1. The molecule has 2 fully saturated rings. The molecule has 7 heteroatoms. The molecule has 1 unspecified atom stereocenters. The van der Waals surface area contributed by atoms with E-state index in [1.54, 1.807) is 16.4 Å². The van der Waals surface area contributed by atoms with Crippen LogP contribution in [0.15, 0.2) is 29.2 Å². The predicted octanol–water partition coefficient (Wildman–Crippen LogP) is 3.07. The highest BCUT2D eigenvalue weighted by atomic mass is 32.2. The first-order valence-corrected chi connectivity index (χ1v) is 12.4. The second kappa shape index (κ2) is 10.5. The topological polar surface area (TPSA) is 66.9 Å². The molecule has 1 atom stereocenters. The van der Waals surface area contributed by atoms with Crippen molar-refractivity contribution in [1.29, 1.82) is 0 Å². The number of ether oxygens (including phenoxy) is 1. The van der Waals surface area contributed by atoms with Crippen LogP contribution in [0.2, 0.25) is 0 Å². The summed E-state index contributed by atoms with van der Waals surface area (Å²) in [5.41, 5.74) is 0.994. The van der Waals surface area contributed by atoms with Gasteiger partial charge in [-0.1, -0.05) is 25.0 Å². The maximum atomic E-state index is 12.9. The number of hydrogen-bond acceptors (Lipinski definition) is 4. The number of rotatable bonds is 8. The summed E-state index contributed by atoms with van der Waals surface area (Å²) in [7, 11) is -3.42. The molecule has 0 radical (unpaired) electrons. The van der Waals surface area contributed by atoms with Gasteiger partial charge in [0.25, 0.3) is 0 Å². The number of amides is 1. The van der Waals surface area contributed by atoms with Crippen LogP contribution in [0.4, 0.5) is 0 Å². The largest absolute Gasteiger partial charge is 0.381 e. The van der Waals surface area contributed by atoms with Crippen LogP contribution >= 0.6 is 0 Å². The molecule has 2 heterocycles. The highest BCUT2D eigenvalue weighted by Gasteiger charge is 2.25. The third-order valence-electron chi connectivity index (χ3n) is 5.99. The summed E-state index contributed by atoms with van der Waals surface area (Å²) in [6.07, 6.45) is 6.15. The van der Waals surface area contributed by atoms with Gasteiger partial charge >= 0.3 is 0 Å². The second-order valence-electron chi connectivity index (χ2n) is 8.12. The second-order valence-corrected chi connectivity index (χ2v) is 10.1. The fourth-order valence-corrected chi connectivity index (χ4v) is 5.63. The lowest BCUT2D eigenvalue weighted by Crippen LogP contribution is -2.35. The van der Waals surface area contributed by atoms with Crippen LogP contribution in [-0.2, 0) is 26.0 Å². The summed E-state index contributed by atoms with van der Waals surface area (Å²) in [4.78, 5) is 14.9. The van der Waals surface area contributed by atoms with E-state index in [1.165, 1.54) is 0 Å². The van der Waals surface area contributed by atoms with Gasteiger partial charge in [-0.05, 0) is 50.3 Å². The van der Waals surface area contributed by atoms with Crippen molar-refractivity contribution in [3.05, 3.63) is 29.8 Å². The third-order valence-corrected chi connectivity index (χ3v) is 7.90. The van der Waals surface area contributed by atoms with Crippen LogP contribution < -0.4 is 0 Å². The highest BCUT2D eigenvalue weighted by Crippen LogP contribution is 2.21. The Bertz CT molecular complexity index is 750. The van der Waals surface area contributed by atoms with Crippen molar-refractivity contribution < 1.29 is 17.9 Å². The van der Waals surface area contributed by atoms with Crippen LogP contribution in [0, 0.1) is 5.92 Å². The van der Waals surface area contributed by atoms with E-state index in [0.29, 0.717) is 43.3 Å². The summed E-state index contributed by atoms with van der Waals surface area (Å²) in [6, 6.07) is 7.07. The molecule has 29 heavy (non-hydrogen) atoms. The molecule has 0 spiro atoms. The smallest absolute Gasteiger partial charge is 0.243 e. The van der Waals surface area contributed by atoms with E-state index >= 15 is 0 Å². The zero-order valence-electron chi connectivity index (χ0n) is 17.5. The van der Waals surface area contributed by atoms with Gasteiger partial charge < -0.3 is 9.64 Å². The molecular formula is C22H34N2O4S. The van der Waals surface area contributed by atoms with Crippen molar-refractivity contribution in [2.24, 2.45) is 5.92 Å². The van der Waals surface area contributed by atoms with Gasteiger partial charge in [-0.3, -0.25) is 4.79 Å². The third kappa shape index (κ3) is 6.03. The summed E-state index contributed by atoms with van der Waals surface area (Å²) >= 11 is 0. The number of sulfonamides is 1. The summed E-state index contributed by atoms with van der Waals surface area (Å²) in [6.45, 7) is 6.25. The summed E-state index contributed by atoms with van der Waals surface area (Å²) < 4.78 is 32.8. The Hall–Kier alpha value is -1.44. The van der Waals surface area contributed by atoms with Gasteiger partial charge in [-0.15, -0.1) is 0 Å². The molecule has 0 saturated carbocycles. The van der Waals surface area contributed by atoms with E-state index in [1.807, 2.05) is 24.0 Å². The molecule has 0 aromatic heterocycles. The summed E-state index contributed by atoms with van der Waals surface area (Å²) in [5.74, 6) is 0.600. The number of hydrogen-bond donors (Lipinski definition) is 0. The fraction of sp³-hybridized carbons (Fsp3) is 0.682. The summed E-state index contributed by atoms with van der Waals surface area (Å²) in [5, 5.41) is 0. The van der Waals surface area contributed by atoms with Gasteiger partial charge in [0.05, 0.1) is 11.5 Å². The minimum atomic E-state index is -3.42. The molecule has 3 rings (SSSR count). The van der Waals surface area contributed by atoms with Crippen molar-refractivity contribution in [1.82, 2.24) is 9.21 Å². The average Bonchev–Trinajstić information content (AvgIpc) is 3.08. The van der Waals surface area contributed by atoms with Gasteiger partial charge in [-0.2, -0.15) is 4.31 Å². The Morgan fingerprint density at radius 2 is 1.83 bits per heavy atom. The Morgan fingerprint density at radius 1 is 1.14 bits per heavy atom. The number of benzene rings is 1. The lowest BCUT2D eigenvalue weighted by atomic mass is 10.1. The molecular weight excluding hydrogens is 388 g/mol. The zero-order valence-corrected chi connectivity index (χ0v) is 18.3. The Morgan fingerprint density at radius 3 is 2.41 bits per heavy atom. The zero-order chi connectivity index (χ0) is 20.7. The van der Waals surface area contributed by atoms with Crippen LogP contribution in [0.1, 0.15) is 51.0 Å². The van der Waals surface area contributed by atoms with Crippen molar-refractivity contribution in [3.63, 3.8) is 0 Å². The minimum Gasteiger partial charge on any atom is -0.381 e. The standard InChI is InChI=1S/C22H34N2O4S/c1-2-23(17-20-13-16-28-18-20)22(25)12-9-19-7-10-21(11-8-19)29(26,27)24-14-5-3-4-6-15-24/h7-8,10-11,20H,2-6,9,12-18H2,1H3. The van der Waals surface area contributed by atoms with Crippen molar-refractivity contribution in [2.45, 2.75) is 56.8 Å². The van der Waals surface area contributed by atoms with Crippen molar-refractivity contribution in [2.75, 3.05) is 39.4 Å². The lowest BCUT2D eigenvalue weighted by Gasteiger charge is -2.24. The molecule has 0 aliphatic carbocycles. The van der Waals surface area contributed by atoms with E-state index in [4.69, 9.17) is 4.74 Å². The monoisotopic (exact) mass is 422 g/mol. The molecule has 162 valence electrons. The van der Waals surface area contributed by atoms with E-state index in [-0.39, 0.29) is 5.91 Å². The Balaban J connectivity index is 1.54. The van der Waals surface area contributed by atoms with Gasteiger partial charge in [-0.25, -0.2) is 8.42 Å². The molecule has 0 bridgehead atoms. The number of nitrogens with zero attached hydrogens (tertiary/aromatic N) is 2. The lowest BCUT2D eigenvalue weighted by molar-refractivity contribution is -0.131. The van der Waals surface area contributed by atoms with Crippen LogP contribution in [-0.4, -0.2) is 62.9 Å². The Kier molecular flexibility index (Phi) is 8.09. The van der Waals surface area contributed by atoms with E-state index < -0.39 is 10.0 Å². The molecule has 6 nitrogen and oxygen atoms in total. The van der Waals surface area contributed by atoms with Crippen LogP contribution in [0.25, 0.3) is 0 Å². The van der Waals surface area contributed by atoms with E-state index in [9.17, 15) is 13.2 Å². The minimum absolute atomic E-state index is 0.153. The molecule has 1 amide bonds. The number of aryl methyl sites for hydroxylation is 1. The first kappa shape index (κ1) is 22.2. The average molecular weight is 423 g/mol. The quantitative estimate of drug-likeness (QED) is 0.646. The first-order valence-electron chi connectivity index (χ1n) is 11.0. The van der Waals surface area contributed by atoms with Gasteiger partial charge in [0.2, 0.25) is 15.9 Å². The van der Waals surface area contributed by atoms with Gasteiger partial charge in [0.1, 0.15) is 0 Å². The molecule has 2 saturated heterocycles. The molecule has 2 aliphatic heterocycles. The van der Waals surface area contributed by atoms with Crippen molar-refractivity contribution in [3.8, 4) is 0 Å². The highest BCUT2D eigenvalue weighted by molar-refractivity contribution is 7.89. The number of carbonyl (C=O) groups excluding carboxylic acids is 1. The molecule has 2 aliphatic rings. The van der Waals surface area contributed by atoms with Gasteiger partial charge in [0, 0.05) is 45.1 Å². The molecule has 1 aromatic rings. The van der Waals surface area contributed by atoms with Crippen LogP contribution in [0.5, 0.6) is 0 Å². The predicted molar refractivity (Wildman–Crippen MR) is 113 cm³/mol. The molecule has 1 aromatic carbocycles. The van der Waals surface area contributed by atoms with Crippen molar-refractivity contribution >= 4 is 15.9 Å². The van der Waals surface area contributed by atoms with E-state index in [0.717, 1.165) is 57.4 Å². The fourth-order valence-electron chi connectivity index (χ4n) is 4.11. The maximum absolute atomic E-state index is 12.9. The van der Waals surface area contributed by atoms with Crippen LogP contribution in [0.3, 0.4) is 0 Å². The molecule has 0 N–H and O–H groups in total. The van der Waals surface area contributed by atoms with Gasteiger partial charge in [0.15, 0.2) is 0 Å². The Labute approximate surface area is 175 Å². The maximum Gasteiger partial charge on any atom is 0.243 e. The number of carbonyl (C=O) groups is 1. The van der Waals surface area contributed by atoms with E-state index in [2.05, 4.69) is 0 Å². The normalized spacial score (nSPS) is 21.1. The first-order chi connectivity index (χ1) is 14.0.